The van der Waals surface area contributed by atoms with Gasteiger partial charge in [0.05, 0.1) is 0 Å². The van der Waals surface area contributed by atoms with E-state index in [1.165, 1.54) is 231 Å². The highest BCUT2D eigenvalue weighted by molar-refractivity contribution is 5.71. The molecule has 0 rings (SSSR count). The Morgan fingerprint density at radius 3 is 0.813 bits per heavy atom. The fourth-order valence-electron chi connectivity index (χ4n) is 9.91. The Bertz CT molecular complexity index is 1300. The van der Waals surface area contributed by atoms with Gasteiger partial charge in [0.2, 0.25) is 0 Å². The van der Waals surface area contributed by atoms with Crippen molar-refractivity contribution in [2.75, 3.05) is 13.2 Å². The summed E-state index contributed by atoms with van der Waals surface area (Å²) in [4.78, 5) is 38.1. The van der Waals surface area contributed by atoms with Crippen LogP contribution in [0.4, 0.5) is 0 Å². The quantitative estimate of drug-likeness (QED) is 0.0261. The van der Waals surface area contributed by atoms with Gasteiger partial charge in [-0.05, 0) is 57.8 Å². The Labute approximate surface area is 467 Å². The summed E-state index contributed by atoms with van der Waals surface area (Å²) in [6, 6.07) is 0. The fraction of sp³-hybridized carbons (Fsp3) is 0.841. The summed E-state index contributed by atoms with van der Waals surface area (Å²) in [6.07, 6.45) is 80.1. The van der Waals surface area contributed by atoms with Crippen LogP contribution in [-0.2, 0) is 28.6 Å². The van der Waals surface area contributed by atoms with Gasteiger partial charge in [0.15, 0.2) is 6.10 Å². The smallest absolute Gasteiger partial charge is 0.306 e. The second-order valence-electron chi connectivity index (χ2n) is 22.4. The zero-order valence-electron chi connectivity index (χ0n) is 50.3. The van der Waals surface area contributed by atoms with Gasteiger partial charge in [0, 0.05) is 19.3 Å². The summed E-state index contributed by atoms with van der Waals surface area (Å²) >= 11 is 0. The number of hydrogen-bond acceptors (Lipinski definition) is 6. The monoisotopic (exact) mass is 1050 g/mol. The maximum atomic E-state index is 12.8. The molecule has 0 saturated carbocycles. The van der Waals surface area contributed by atoms with Crippen LogP contribution in [0.15, 0.2) is 48.6 Å². The summed E-state index contributed by atoms with van der Waals surface area (Å²) < 4.78 is 16.9. The molecule has 438 valence electrons. The van der Waals surface area contributed by atoms with E-state index in [0.717, 1.165) is 83.5 Å². The van der Waals surface area contributed by atoms with E-state index < -0.39 is 6.10 Å². The van der Waals surface area contributed by atoms with Crippen molar-refractivity contribution in [1.82, 2.24) is 0 Å². The first-order valence-corrected chi connectivity index (χ1v) is 33.1. The molecular formula is C69H126O6. The van der Waals surface area contributed by atoms with Crippen LogP contribution in [-0.4, -0.2) is 37.2 Å². The Hall–Kier alpha value is -2.63. The lowest BCUT2D eigenvalue weighted by Crippen LogP contribution is -2.30. The van der Waals surface area contributed by atoms with Crippen LogP contribution in [0.25, 0.3) is 0 Å². The van der Waals surface area contributed by atoms with E-state index in [1.54, 1.807) is 0 Å². The van der Waals surface area contributed by atoms with Gasteiger partial charge in [-0.1, -0.05) is 326 Å². The van der Waals surface area contributed by atoms with Crippen LogP contribution in [0.2, 0.25) is 0 Å². The van der Waals surface area contributed by atoms with Gasteiger partial charge in [-0.15, -0.1) is 0 Å². The highest BCUT2D eigenvalue weighted by Gasteiger charge is 2.19. The van der Waals surface area contributed by atoms with Crippen molar-refractivity contribution >= 4 is 17.9 Å². The summed E-state index contributed by atoms with van der Waals surface area (Å²) in [5.41, 5.74) is 0. The van der Waals surface area contributed by atoms with Gasteiger partial charge in [0.1, 0.15) is 13.2 Å². The van der Waals surface area contributed by atoms with Crippen LogP contribution >= 0.6 is 0 Å². The standard InChI is InChI=1S/C69H126O6/c1-4-7-10-13-16-19-21-23-25-26-27-28-29-30-31-32-33-34-35-36-37-38-39-40-41-42-44-45-47-50-53-56-59-62-68(71)74-65-66(64-73-67(70)61-58-55-52-49-18-15-12-9-6-3)75-69(72)63-60-57-54-51-48-46-43-24-22-20-17-14-11-8-5-2/h7,10,16,19,23,25,27-28,66H,4-6,8-9,11-15,17-18,20-22,24,26,29-65H2,1-3H3/b10-7-,19-16-,25-23-,28-27-. The number of ether oxygens (including phenoxy) is 3. The van der Waals surface area contributed by atoms with E-state index in [2.05, 4.69) is 69.4 Å². The third kappa shape index (κ3) is 62.1. The van der Waals surface area contributed by atoms with Crippen molar-refractivity contribution in [3.8, 4) is 0 Å². The van der Waals surface area contributed by atoms with Crippen molar-refractivity contribution < 1.29 is 28.6 Å². The molecule has 0 aliphatic rings. The molecule has 1 unspecified atom stereocenters. The number of rotatable bonds is 61. The number of esters is 3. The molecule has 1 atom stereocenters. The predicted octanol–water partition coefficient (Wildman–Crippen LogP) is 22.6. The van der Waals surface area contributed by atoms with Crippen LogP contribution in [0.5, 0.6) is 0 Å². The summed E-state index contributed by atoms with van der Waals surface area (Å²) in [6.45, 7) is 6.56. The van der Waals surface area contributed by atoms with E-state index in [0.29, 0.717) is 19.3 Å². The molecule has 0 amide bonds. The highest BCUT2D eigenvalue weighted by atomic mass is 16.6. The number of carbonyl (C=O) groups is 3. The molecule has 0 aromatic carbocycles. The molecule has 75 heavy (non-hydrogen) atoms. The molecule has 0 bridgehead atoms. The van der Waals surface area contributed by atoms with Gasteiger partial charge in [0.25, 0.3) is 0 Å². The third-order valence-electron chi connectivity index (χ3n) is 14.8. The molecule has 0 N–H and O–H groups in total. The van der Waals surface area contributed by atoms with Gasteiger partial charge >= 0.3 is 17.9 Å². The van der Waals surface area contributed by atoms with Crippen molar-refractivity contribution in [3.63, 3.8) is 0 Å². The molecule has 0 spiro atoms. The van der Waals surface area contributed by atoms with Crippen LogP contribution in [0.3, 0.4) is 0 Å². The van der Waals surface area contributed by atoms with E-state index in [4.69, 9.17) is 14.2 Å². The van der Waals surface area contributed by atoms with Crippen molar-refractivity contribution in [2.45, 2.75) is 361 Å². The zero-order chi connectivity index (χ0) is 54.3. The molecule has 0 saturated heterocycles. The third-order valence-corrected chi connectivity index (χ3v) is 14.8. The van der Waals surface area contributed by atoms with E-state index in [1.807, 2.05) is 0 Å². The minimum atomic E-state index is -0.765. The Morgan fingerprint density at radius 2 is 0.520 bits per heavy atom. The molecule has 0 heterocycles. The predicted molar refractivity (Wildman–Crippen MR) is 325 cm³/mol. The SMILES string of the molecule is CC/C=C\C/C=C\C/C=C\C/C=C\CCCCCCCCCCCCCCCCCCCCCCC(=O)OCC(COC(=O)CCCCCCCCCCC)OC(=O)CCCCCCCCCCCCCCCCC. The molecule has 0 aromatic heterocycles. The summed E-state index contributed by atoms with van der Waals surface area (Å²) in [5.74, 6) is -0.844. The largest absolute Gasteiger partial charge is 0.462 e. The van der Waals surface area contributed by atoms with Crippen molar-refractivity contribution in [2.24, 2.45) is 0 Å². The zero-order valence-corrected chi connectivity index (χ0v) is 50.3. The lowest BCUT2D eigenvalue weighted by Gasteiger charge is -2.18. The van der Waals surface area contributed by atoms with E-state index in [-0.39, 0.29) is 31.1 Å². The van der Waals surface area contributed by atoms with Gasteiger partial charge in [-0.2, -0.15) is 0 Å². The van der Waals surface area contributed by atoms with Crippen molar-refractivity contribution in [1.29, 1.82) is 0 Å². The minimum Gasteiger partial charge on any atom is -0.462 e. The second-order valence-corrected chi connectivity index (χ2v) is 22.4. The number of unbranched alkanes of at least 4 members (excludes halogenated alkanes) is 42. The molecule has 0 aliphatic heterocycles. The highest BCUT2D eigenvalue weighted by Crippen LogP contribution is 2.18. The normalized spacial score (nSPS) is 12.3. The average molecular weight is 1050 g/mol. The Morgan fingerprint density at radius 1 is 0.280 bits per heavy atom. The van der Waals surface area contributed by atoms with E-state index in [9.17, 15) is 14.4 Å². The number of allylic oxidation sites excluding steroid dienone is 8. The fourth-order valence-corrected chi connectivity index (χ4v) is 9.91. The molecule has 0 radical (unpaired) electrons. The first-order chi connectivity index (χ1) is 37.0. The Kier molecular flexibility index (Phi) is 61.7. The van der Waals surface area contributed by atoms with Gasteiger partial charge in [-0.25, -0.2) is 0 Å². The van der Waals surface area contributed by atoms with Crippen LogP contribution in [0.1, 0.15) is 355 Å². The molecule has 6 nitrogen and oxygen atoms in total. The average Bonchev–Trinajstić information content (AvgIpc) is 3.41. The maximum absolute atomic E-state index is 12.8. The second kappa shape index (κ2) is 63.9. The first-order valence-electron chi connectivity index (χ1n) is 33.1. The topological polar surface area (TPSA) is 78.9 Å². The molecule has 0 fully saturated rings. The molecule has 6 heteroatoms. The van der Waals surface area contributed by atoms with Gasteiger partial charge in [-0.3, -0.25) is 14.4 Å². The van der Waals surface area contributed by atoms with Crippen LogP contribution < -0.4 is 0 Å². The first kappa shape index (κ1) is 72.4. The molecule has 0 aromatic rings. The lowest BCUT2D eigenvalue weighted by molar-refractivity contribution is -0.167. The number of carbonyl (C=O) groups excluding carboxylic acids is 3. The maximum Gasteiger partial charge on any atom is 0.306 e. The van der Waals surface area contributed by atoms with E-state index >= 15 is 0 Å². The lowest BCUT2D eigenvalue weighted by atomic mass is 10.0. The molecular weight excluding hydrogens is 925 g/mol. The Balaban J connectivity index is 4.01. The van der Waals surface area contributed by atoms with Crippen molar-refractivity contribution in [3.05, 3.63) is 48.6 Å². The summed E-state index contributed by atoms with van der Waals surface area (Å²) in [5, 5.41) is 0. The van der Waals surface area contributed by atoms with Crippen LogP contribution in [0, 0.1) is 0 Å². The summed E-state index contributed by atoms with van der Waals surface area (Å²) in [7, 11) is 0. The minimum absolute atomic E-state index is 0.0654. The number of hydrogen-bond donors (Lipinski definition) is 0. The molecule has 0 aliphatic carbocycles. The van der Waals surface area contributed by atoms with Gasteiger partial charge < -0.3 is 14.2 Å².